The number of aromatic nitrogens is 2. The maximum atomic E-state index is 12.2. The van der Waals surface area contributed by atoms with Crippen LogP contribution in [0.25, 0.3) is 11.0 Å². The number of carbonyl (C=O) groups excluding carboxylic acids is 1. The highest BCUT2D eigenvalue weighted by molar-refractivity contribution is 6.42. The van der Waals surface area contributed by atoms with E-state index in [-0.39, 0.29) is 12.3 Å². The highest BCUT2D eigenvalue weighted by atomic mass is 16.5. The minimum absolute atomic E-state index is 0.154. The van der Waals surface area contributed by atoms with Crippen LogP contribution in [-0.2, 0) is 16.1 Å². The molecule has 9 nitrogen and oxygen atoms in total. The number of ether oxygens (including phenoxy) is 2. The number of aliphatic hydroxyl groups excluding tert-OH is 2. The third-order valence-corrected chi connectivity index (χ3v) is 5.26. The molecule has 3 aromatic rings. The zero-order valence-electron chi connectivity index (χ0n) is 17.5. The van der Waals surface area contributed by atoms with Gasteiger partial charge >= 0.3 is 0 Å². The van der Waals surface area contributed by atoms with E-state index in [1.165, 1.54) is 0 Å². The highest BCUT2D eigenvalue weighted by Gasteiger charge is 2.41. The Kier molecular flexibility index (Phi) is 6.79. The van der Waals surface area contributed by atoms with Crippen LogP contribution >= 0.6 is 0 Å². The van der Waals surface area contributed by atoms with Crippen molar-refractivity contribution >= 4 is 28.5 Å². The van der Waals surface area contributed by atoms with Gasteiger partial charge in [0.2, 0.25) is 11.7 Å². The average Bonchev–Trinajstić information content (AvgIpc) is 3.32. The number of benzene rings is 2. The minimum Gasteiger partial charge on any atom is -0.494 e. The fourth-order valence-electron chi connectivity index (χ4n) is 3.63. The van der Waals surface area contributed by atoms with Gasteiger partial charge in [0.1, 0.15) is 17.6 Å². The van der Waals surface area contributed by atoms with Crippen molar-refractivity contribution in [2.24, 2.45) is 0 Å². The van der Waals surface area contributed by atoms with Crippen LogP contribution < -0.4 is 10.1 Å². The van der Waals surface area contributed by atoms with E-state index in [0.717, 1.165) is 23.3 Å². The monoisotopic (exact) mass is 438 g/mol. The van der Waals surface area contributed by atoms with E-state index < -0.39 is 24.7 Å². The Morgan fingerprint density at radius 2 is 2.00 bits per heavy atom. The number of rotatable bonds is 10. The molecule has 1 aliphatic rings. The molecule has 32 heavy (non-hydrogen) atoms. The number of nitrogens with one attached hydrogen (secondary N) is 2. The number of anilines is 1. The molecule has 0 unspecified atom stereocenters. The Morgan fingerprint density at radius 1 is 1.16 bits per heavy atom. The summed E-state index contributed by atoms with van der Waals surface area (Å²) in [6, 6.07) is 15.1. The second-order valence-corrected chi connectivity index (χ2v) is 7.51. The standard InChI is InChI=1S/C23H26N4O5/c24-20-21(30)19(14-29)32-22(20)27-18-9-2-1-8-17(18)26-23(27)25-13-15-6-5-7-16(12-15)31-11-4-3-10-28/h1-2,5-9,12,19,22,24,28-29H,3-4,10-11,13-14H2,(H,25,26)/t19-,22-/m1/s1. The van der Waals surface area contributed by atoms with E-state index in [4.69, 9.17) is 20.0 Å². The first-order valence-electron chi connectivity index (χ1n) is 10.5. The molecule has 0 saturated carbocycles. The van der Waals surface area contributed by atoms with Crippen molar-refractivity contribution in [3.63, 3.8) is 0 Å². The lowest BCUT2D eigenvalue weighted by Gasteiger charge is -2.17. The summed E-state index contributed by atoms with van der Waals surface area (Å²) >= 11 is 0. The molecule has 0 aliphatic carbocycles. The van der Waals surface area contributed by atoms with Crippen molar-refractivity contribution in [1.29, 1.82) is 5.41 Å². The maximum Gasteiger partial charge on any atom is 0.212 e. The molecule has 2 heterocycles. The molecular weight excluding hydrogens is 412 g/mol. The summed E-state index contributed by atoms with van der Waals surface area (Å²) in [5.41, 5.74) is 2.17. The maximum absolute atomic E-state index is 12.2. The molecule has 0 bridgehead atoms. The summed E-state index contributed by atoms with van der Waals surface area (Å²) in [6.45, 7) is 0.655. The van der Waals surface area contributed by atoms with Crippen molar-refractivity contribution in [1.82, 2.24) is 9.55 Å². The van der Waals surface area contributed by atoms with Gasteiger partial charge < -0.3 is 25.0 Å². The Bertz CT molecular complexity index is 1110. The number of hydrogen-bond acceptors (Lipinski definition) is 8. The third-order valence-electron chi connectivity index (χ3n) is 5.26. The van der Waals surface area contributed by atoms with Crippen LogP contribution in [0, 0.1) is 5.41 Å². The smallest absolute Gasteiger partial charge is 0.212 e. The van der Waals surface area contributed by atoms with E-state index in [0.29, 0.717) is 31.0 Å². The lowest BCUT2D eigenvalue weighted by atomic mass is 10.2. The summed E-state index contributed by atoms with van der Waals surface area (Å²) in [4.78, 5) is 16.9. The molecule has 1 saturated heterocycles. The van der Waals surface area contributed by atoms with Gasteiger partial charge in [0.05, 0.1) is 24.2 Å². The van der Waals surface area contributed by atoms with E-state index >= 15 is 0 Å². The third kappa shape index (κ3) is 4.50. The number of ketones is 1. The normalized spacial score (nSPS) is 18.4. The van der Waals surface area contributed by atoms with Gasteiger partial charge in [0.25, 0.3) is 0 Å². The molecule has 1 aliphatic heterocycles. The summed E-state index contributed by atoms with van der Waals surface area (Å²) < 4.78 is 13.1. The second-order valence-electron chi connectivity index (χ2n) is 7.51. The molecule has 0 spiro atoms. The first-order valence-corrected chi connectivity index (χ1v) is 10.5. The van der Waals surface area contributed by atoms with E-state index in [1.54, 1.807) is 4.57 Å². The molecule has 0 amide bonds. The van der Waals surface area contributed by atoms with Crippen molar-refractivity contribution in [2.45, 2.75) is 31.7 Å². The largest absolute Gasteiger partial charge is 0.494 e. The second kappa shape index (κ2) is 9.90. The van der Waals surface area contributed by atoms with Crippen LogP contribution in [0.1, 0.15) is 24.6 Å². The van der Waals surface area contributed by atoms with Crippen molar-refractivity contribution < 1.29 is 24.5 Å². The molecule has 4 rings (SSSR count). The van der Waals surface area contributed by atoms with Gasteiger partial charge in [-0.1, -0.05) is 24.3 Å². The van der Waals surface area contributed by atoms with Gasteiger partial charge in [-0.25, -0.2) is 4.98 Å². The number of nitrogens with zero attached hydrogens (tertiary/aromatic N) is 2. The Labute approximate surface area is 185 Å². The number of carbonyl (C=O) groups is 1. The summed E-state index contributed by atoms with van der Waals surface area (Å²) in [5, 5.41) is 29.8. The zero-order valence-corrected chi connectivity index (χ0v) is 17.5. The van der Waals surface area contributed by atoms with E-state index in [2.05, 4.69) is 10.3 Å². The van der Waals surface area contributed by atoms with Crippen LogP contribution in [0.3, 0.4) is 0 Å². The van der Waals surface area contributed by atoms with Crippen molar-refractivity contribution in [3.05, 3.63) is 54.1 Å². The number of unbranched alkanes of at least 4 members (excludes halogenated alkanes) is 1. The van der Waals surface area contributed by atoms with Crippen molar-refractivity contribution in [2.75, 3.05) is 25.1 Å². The number of Topliss-reactive ketones (excluding diaryl/α,β-unsaturated/α-hetero) is 1. The van der Waals surface area contributed by atoms with Gasteiger partial charge in [-0.05, 0) is 42.7 Å². The van der Waals surface area contributed by atoms with Gasteiger partial charge in [0, 0.05) is 13.2 Å². The summed E-state index contributed by atoms with van der Waals surface area (Å²) in [5.74, 6) is 0.682. The predicted molar refractivity (Wildman–Crippen MR) is 119 cm³/mol. The number of imidazole rings is 1. The van der Waals surface area contributed by atoms with E-state index in [1.807, 2.05) is 48.5 Å². The predicted octanol–water partition coefficient (Wildman–Crippen LogP) is 2.28. The molecule has 168 valence electrons. The molecular formula is C23H26N4O5. The topological polar surface area (TPSA) is 130 Å². The number of fused-ring (bicyclic) bond motifs is 1. The lowest BCUT2D eigenvalue weighted by Crippen LogP contribution is -2.23. The quantitative estimate of drug-likeness (QED) is 0.357. The molecule has 0 radical (unpaired) electrons. The molecule has 1 fully saturated rings. The van der Waals surface area contributed by atoms with Gasteiger partial charge in [-0.3, -0.25) is 14.8 Å². The molecule has 4 N–H and O–H groups in total. The SMILES string of the molecule is N=C1C(=O)[C@@H](CO)O[C@H]1n1c(NCc2cccc(OCCCCO)c2)nc2ccccc21. The van der Waals surface area contributed by atoms with Crippen LogP contribution in [0.5, 0.6) is 5.75 Å². The van der Waals surface area contributed by atoms with Crippen LogP contribution in [0.4, 0.5) is 5.95 Å². The summed E-state index contributed by atoms with van der Waals surface area (Å²) in [7, 11) is 0. The van der Waals surface area contributed by atoms with Gasteiger partial charge in [-0.2, -0.15) is 0 Å². The fraction of sp³-hybridized carbons (Fsp3) is 0.348. The molecule has 2 atom stereocenters. The fourth-order valence-corrected chi connectivity index (χ4v) is 3.63. The Balaban J connectivity index is 1.55. The van der Waals surface area contributed by atoms with Gasteiger partial charge in [0.15, 0.2) is 6.23 Å². The molecule has 9 heteroatoms. The minimum atomic E-state index is -1.04. The first-order chi connectivity index (χ1) is 15.6. The Hall–Kier alpha value is -3.27. The summed E-state index contributed by atoms with van der Waals surface area (Å²) in [6.07, 6.45) is -0.517. The lowest BCUT2D eigenvalue weighted by molar-refractivity contribution is -0.123. The average molecular weight is 438 g/mol. The Morgan fingerprint density at radius 3 is 2.78 bits per heavy atom. The van der Waals surface area contributed by atoms with Gasteiger partial charge in [-0.15, -0.1) is 0 Å². The first kappa shape index (κ1) is 21.9. The van der Waals surface area contributed by atoms with Crippen LogP contribution in [0.2, 0.25) is 0 Å². The van der Waals surface area contributed by atoms with E-state index in [9.17, 15) is 9.90 Å². The highest BCUT2D eigenvalue weighted by Crippen LogP contribution is 2.31. The molecule has 2 aromatic carbocycles. The van der Waals surface area contributed by atoms with Crippen LogP contribution in [-0.4, -0.2) is 57.2 Å². The van der Waals surface area contributed by atoms with Crippen LogP contribution in [0.15, 0.2) is 48.5 Å². The van der Waals surface area contributed by atoms with Crippen molar-refractivity contribution in [3.8, 4) is 5.75 Å². The number of para-hydroxylation sites is 2. The zero-order chi connectivity index (χ0) is 22.5. The molecule has 1 aromatic heterocycles. The number of aliphatic hydroxyl groups is 2. The number of hydrogen-bond donors (Lipinski definition) is 4.